The molecule has 35 heavy (non-hydrogen) atoms. The normalized spacial score (nSPS) is 14.6. The number of amides is 1. The zero-order valence-corrected chi connectivity index (χ0v) is 22.1. The maximum Gasteiger partial charge on any atom is 0.341 e. The number of methoxy groups -OCH3 is 1. The molecule has 1 aliphatic rings. The first-order chi connectivity index (χ1) is 16.9. The van der Waals surface area contributed by atoms with Gasteiger partial charge in [-0.2, -0.15) is 0 Å². The zero-order chi connectivity index (χ0) is 24.9. The standard InChI is InChI=1S/C25H24Cl3N3O3S/c1-34-25(33)23-19(16-5-7-17(26)8-6-16)15-35-24(23)29-22(32)14-31-11-9-30(10-12-31)13-18-20(27)3-2-4-21(18)28/h2-8,15H,9-14H2,1H3,(H,29,32). The number of anilines is 1. The van der Waals surface area contributed by atoms with E-state index >= 15 is 0 Å². The molecule has 2 heterocycles. The number of hydrogen-bond donors (Lipinski definition) is 1. The van der Waals surface area contributed by atoms with Crippen LogP contribution < -0.4 is 5.32 Å². The molecule has 4 rings (SSSR count). The third-order valence-electron chi connectivity index (χ3n) is 5.86. The molecule has 2 aromatic carbocycles. The summed E-state index contributed by atoms with van der Waals surface area (Å²) in [5.74, 6) is -0.680. The number of ether oxygens (including phenoxy) is 1. The summed E-state index contributed by atoms with van der Waals surface area (Å²) in [6.07, 6.45) is 0. The number of halogens is 3. The molecule has 0 bridgehead atoms. The summed E-state index contributed by atoms with van der Waals surface area (Å²) in [5, 5.41) is 7.14. The Hall–Kier alpha value is -2.13. The van der Waals surface area contributed by atoms with Crippen LogP contribution in [0.15, 0.2) is 47.8 Å². The van der Waals surface area contributed by atoms with E-state index in [2.05, 4.69) is 15.1 Å². The fourth-order valence-electron chi connectivity index (χ4n) is 3.98. The SMILES string of the molecule is COC(=O)c1c(-c2ccc(Cl)cc2)csc1NC(=O)CN1CCN(Cc2c(Cl)cccc2Cl)CC1. The number of esters is 1. The molecule has 0 aliphatic carbocycles. The second kappa shape index (κ2) is 11.7. The summed E-state index contributed by atoms with van der Waals surface area (Å²) in [6.45, 7) is 3.96. The number of carbonyl (C=O) groups excluding carboxylic acids is 2. The molecule has 1 saturated heterocycles. The molecule has 1 aromatic heterocycles. The third kappa shape index (κ3) is 6.36. The summed E-state index contributed by atoms with van der Waals surface area (Å²) in [7, 11) is 1.33. The van der Waals surface area contributed by atoms with Gasteiger partial charge in [0.15, 0.2) is 0 Å². The van der Waals surface area contributed by atoms with Crippen molar-refractivity contribution in [3.8, 4) is 11.1 Å². The van der Waals surface area contributed by atoms with E-state index < -0.39 is 5.97 Å². The molecule has 1 amide bonds. The lowest BCUT2D eigenvalue weighted by molar-refractivity contribution is -0.117. The number of nitrogens with one attached hydrogen (secondary N) is 1. The number of carbonyl (C=O) groups is 2. The van der Waals surface area contributed by atoms with Crippen LogP contribution in [0.1, 0.15) is 15.9 Å². The van der Waals surface area contributed by atoms with Crippen molar-refractivity contribution in [2.75, 3.05) is 45.2 Å². The molecular weight excluding hydrogens is 529 g/mol. The maximum atomic E-state index is 12.8. The second-order valence-electron chi connectivity index (χ2n) is 8.15. The average Bonchev–Trinajstić information content (AvgIpc) is 3.25. The Balaban J connectivity index is 1.37. The summed E-state index contributed by atoms with van der Waals surface area (Å²) < 4.78 is 4.99. The molecule has 3 aromatic rings. The summed E-state index contributed by atoms with van der Waals surface area (Å²) >= 11 is 19.9. The van der Waals surface area contributed by atoms with Gasteiger partial charge in [0.25, 0.3) is 0 Å². The van der Waals surface area contributed by atoms with E-state index in [0.717, 1.165) is 37.3 Å². The van der Waals surface area contributed by atoms with Crippen LogP contribution in [-0.2, 0) is 16.1 Å². The first-order valence-corrected chi connectivity index (χ1v) is 13.0. The van der Waals surface area contributed by atoms with E-state index in [0.29, 0.717) is 37.7 Å². The Kier molecular flexibility index (Phi) is 8.70. The maximum absolute atomic E-state index is 12.8. The Bertz CT molecular complexity index is 1190. The van der Waals surface area contributed by atoms with E-state index in [-0.39, 0.29) is 12.5 Å². The lowest BCUT2D eigenvalue weighted by atomic mass is 10.0. The fourth-order valence-corrected chi connectivity index (χ4v) is 5.59. The van der Waals surface area contributed by atoms with Gasteiger partial charge in [0.1, 0.15) is 10.6 Å². The van der Waals surface area contributed by atoms with E-state index in [9.17, 15) is 9.59 Å². The highest BCUT2D eigenvalue weighted by Gasteiger charge is 2.24. The Morgan fingerprint density at radius 2 is 1.60 bits per heavy atom. The topological polar surface area (TPSA) is 61.9 Å². The van der Waals surface area contributed by atoms with E-state index in [1.807, 2.05) is 35.7 Å². The molecule has 0 unspecified atom stereocenters. The van der Waals surface area contributed by atoms with Gasteiger partial charge in [0, 0.05) is 64.3 Å². The molecule has 1 fully saturated rings. The van der Waals surface area contributed by atoms with E-state index in [1.165, 1.54) is 18.4 Å². The van der Waals surface area contributed by atoms with Crippen molar-refractivity contribution in [3.05, 3.63) is 74.0 Å². The van der Waals surface area contributed by atoms with Crippen LogP contribution in [0, 0.1) is 0 Å². The van der Waals surface area contributed by atoms with Gasteiger partial charge < -0.3 is 10.1 Å². The molecule has 6 nitrogen and oxygen atoms in total. The van der Waals surface area contributed by atoms with Gasteiger partial charge in [0.2, 0.25) is 5.91 Å². The molecule has 0 spiro atoms. The van der Waals surface area contributed by atoms with Crippen molar-refractivity contribution in [1.29, 1.82) is 0 Å². The van der Waals surface area contributed by atoms with Crippen LogP contribution >= 0.6 is 46.1 Å². The lowest BCUT2D eigenvalue weighted by Crippen LogP contribution is -2.48. The quantitative estimate of drug-likeness (QED) is 0.369. The summed E-state index contributed by atoms with van der Waals surface area (Å²) in [4.78, 5) is 29.7. The monoisotopic (exact) mass is 551 g/mol. The van der Waals surface area contributed by atoms with Crippen molar-refractivity contribution >= 4 is 63.0 Å². The summed E-state index contributed by atoms with van der Waals surface area (Å²) in [6, 6.07) is 12.7. The Labute approximate surface area is 223 Å². The minimum atomic E-state index is -0.502. The number of benzene rings is 2. The van der Waals surface area contributed by atoms with Gasteiger partial charge in [-0.3, -0.25) is 14.6 Å². The van der Waals surface area contributed by atoms with Gasteiger partial charge in [-0.15, -0.1) is 11.3 Å². The summed E-state index contributed by atoms with van der Waals surface area (Å²) in [5.41, 5.74) is 2.78. The van der Waals surface area contributed by atoms with E-state index in [1.54, 1.807) is 12.1 Å². The van der Waals surface area contributed by atoms with Gasteiger partial charge in [0.05, 0.1) is 13.7 Å². The van der Waals surface area contributed by atoms with Crippen LogP contribution in [0.25, 0.3) is 11.1 Å². The highest BCUT2D eigenvalue weighted by Crippen LogP contribution is 2.36. The van der Waals surface area contributed by atoms with Crippen LogP contribution in [-0.4, -0.2) is 61.5 Å². The van der Waals surface area contributed by atoms with Gasteiger partial charge in [-0.05, 0) is 29.8 Å². The predicted octanol–water partition coefficient (Wildman–Crippen LogP) is 5.92. The average molecular weight is 553 g/mol. The predicted molar refractivity (Wildman–Crippen MR) is 143 cm³/mol. The minimum absolute atomic E-state index is 0.178. The van der Waals surface area contributed by atoms with Crippen LogP contribution in [0.3, 0.4) is 0 Å². The zero-order valence-electron chi connectivity index (χ0n) is 19.0. The van der Waals surface area contributed by atoms with E-state index in [4.69, 9.17) is 39.5 Å². The van der Waals surface area contributed by atoms with Crippen molar-refractivity contribution in [2.45, 2.75) is 6.54 Å². The minimum Gasteiger partial charge on any atom is -0.465 e. The van der Waals surface area contributed by atoms with Crippen LogP contribution in [0.5, 0.6) is 0 Å². The first-order valence-electron chi connectivity index (χ1n) is 11.0. The Morgan fingerprint density at radius 1 is 0.971 bits per heavy atom. The lowest BCUT2D eigenvalue weighted by Gasteiger charge is -2.34. The Morgan fingerprint density at radius 3 is 2.23 bits per heavy atom. The molecule has 0 atom stereocenters. The van der Waals surface area contributed by atoms with Crippen molar-refractivity contribution in [3.63, 3.8) is 0 Å². The van der Waals surface area contributed by atoms with Crippen molar-refractivity contribution in [2.24, 2.45) is 0 Å². The van der Waals surface area contributed by atoms with Gasteiger partial charge in [-0.25, -0.2) is 4.79 Å². The number of hydrogen-bond acceptors (Lipinski definition) is 6. The highest BCUT2D eigenvalue weighted by atomic mass is 35.5. The number of thiophene rings is 1. The van der Waals surface area contributed by atoms with Crippen molar-refractivity contribution in [1.82, 2.24) is 9.80 Å². The molecule has 184 valence electrons. The van der Waals surface area contributed by atoms with Crippen LogP contribution in [0.2, 0.25) is 15.1 Å². The third-order valence-corrected chi connectivity index (χ3v) is 7.72. The number of nitrogens with zero attached hydrogens (tertiary/aromatic N) is 2. The first kappa shape index (κ1) is 25.9. The highest BCUT2D eigenvalue weighted by molar-refractivity contribution is 7.15. The molecule has 10 heteroatoms. The largest absolute Gasteiger partial charge is 0.465 e. The fraction of sp³-hybridized carbons (Fsp3) is 0.280. The van der Waals surface area contributed by atoms with Gasteiger partial charge in [-0.1, -0.05) is 53.0 Å². The number of rotatable bonds is 7. The number of piperazine rings is 1. The van der Waals surface area contributed by atoms with Gasteiger partial charge >= 0.3 is 5.97 Å². The molecule has 1 N–H and O–H groups in total. The molecule has 0 saturated carbocycles. The smallest absolute Gasteiger partial charge is 0.341 e. The molecule has 0 radical (unpaired) electrons. The molecule has 1 aliphatic heterocycles. The van der Waals surface area contributed by atoms with Crippen molar-refractivity contribution < 1.29 is 14.3 Å². The second-order valence-corrected chi connectivity index (χ2v) is 10.3. The van der Waals surface area contributed by atoms with Crippen LogP contribution in [0.4, 0.5) is 5.00 Å². The molecular formula is C25H24Cl3N3O3S.